The highest BCUT2D eigenvalue weighted by molar-refractivity contribution is 5.25. The maximum Gasteiger partial charge on any atom is 0.0985 e. The smallest absolute Gasteiger partial charge is 0.0985 e. The molecular weight excluding hydrogens is 260 g/mol. The first kappa shape index (κ1) is 15.8. The third-order valence-corrected chi connectivity index (χ3v) is 4.10. The van der Waals surface area contributed by atoms with E-state index in [9.17, 15) is 5.11 Å². The Labute approximate surface area is 127 Å². The Morgan fingerprint density at radius 2 is 1.71 bits per heavy atom. The second kappa shape index (κ2) is 6.44. The molecule has 0 radical (unpaired) electrons. The number of hydrogen-bond donors (Lipinski definition) is 1. The van der Waals surface area contributed by atoms with Crippen LogP contribution < -0.4 is 0 Å². The first-order valence-electron chi connectivity index (χ1n) is 7.66. The predicted octanol–water partition coefficient (Wildman–Crippen LogP) is 3.74. The van der Waals surface area contributed by atoms with Crippen LogP contribution in [0.25, 0.3) is 0 Å². The lowest BCUT2D eigenvalue weighted by Crippen LogP contribution is -2.11. The number of aromatic nitrogens is 2. The minimum Gasteiger partial charge on any atom is -0.386 e. The summed E-state index contributed by atoms with van der Waals surface area (Å²) < 4.78 is 1.90. The van der Waals surface area contributed by atoms with Gasteiger partial charge in [-0.3, -0.25) is 4.68 Å². The molecule has 114 valence electrons. The molecule has 0 fully saturated rings. The molecule has 0 aliphatic rings. The SMILES string of the molecule is Cc1nn(CC(O)c2ccc(CC(C)C)cc2)c(C)c1C. The Kier molecular flexibility index (Phi) is 4.84. The quantitative estimate of drug-likeness (QED) is 0.909. The topological polar surface area (TPSA) is 38.0 Å². The van der Waals surface area contributed by atoms with E-state index in [1.165, 1.54) is 11.1 Å². The first-order chi connectivity index (χ1) is 9.88. The van der Waals surface area contributed by atoms with Crippen LogP contribution in [-0.4, -0.2) is 14.9 Å². The number of aliphatic hydroxyl groups is 1. The third-order valence-electron chi connectivity index (χ3n) is 4.10. The number of rotatable bonds is 5. The molecule has 0 spiro atoms. The number of hydrogen-bond acceptors (Lipinski definition) is 2. The first-order valence-corrected chi connectivity index (χ1v) is 7.66. The number of aryl methyl sites for hydroxylation is 1. The van der Waals surface area contributed by atoms with Gasteiger partial charge >= 0.3 is 0 Å². The summed E-state index contributed by atoms with van der Waals surface area (Å²) in [5.74, 6) is 0.651. The second-order valence-corrected chi connectivity index (χ2v) is 6.33. The van der Waals surface area contributed by atoms with E-state index >= 15 is 0 Å². The molecule has 2 aromatic rings. The molecule has 0 saturated heterocycles. The Morgan fingerprint density at radius 3 is 2.19 bits per heavy atom. The molecule has 3 heteroatoms. The molecule has 0 bridgehead atoms. The van der Waals surface area contributed by atoms with Gasteiger partial charge in [0, 0.05) is 5.69 Å². The van der Waals surface area contributed by atoms with Crippen molar-refractivity contribution in [3.05, 3.63) is 52.3 Å². The number of aliphatic hydroxyl groups excluding tert-OH is 1. The zero-order valence-corrected chi connectivity index (χ0v) is 13.7. The molecule has 0 aliphatic heterocycles. The largest absolute Gasteiger partial charge is 0.386 e. The zero-order chi connectivity index (χ0) is 15.6. The van der Waals surface area contributed by atoms with Gasteiger partial charge in [0.05, 0.1) is 18.3 Å². The van der Waals surface area contributed by atoms with Gasteiger partial charge in [-0.15, -0.1) is 0 Å². The molecule has 1 unspecified atom stereocenters. The van der Waals surface area contributed by atoms with Gasteiger partial charge in [0.15, 0.2) is 0 Å². The van der Waals surface area contributed by atoms with Crippen molar-refractivity contribution in [2.45, 2.75) is 53.7 Å². The van der Waals surface area contributed by atoms with E-state index in [0.717, 1.165) is 23.4 Å². The van der Waals surface area contributed by atoms with E-state index < -0.39 is 6.10 Å². The molecule has 1 atom stereocenters. The van der Waals surface area contributed by atoms with Crippen LogP contribution in [0, 0.1) is 26.7 Å². The lowest BCUT2D eigenvalue weighted by molar-refractivity contribution is 0.150. The molecule has 21 heavy (non-hydrogen) atoms. The lowest BCUT2D eigenvalue weighted by Gasteiger charge is -2.14. The summed E-state index contributed by atoms with van der Waals surface area (Å²) in [4.78, 5) is 0. The van der Waals surface area contributed by atoms with E-state index in [1.54, 1.807) is 0 Å². The van der Waals surface area contributed by atoms with Crippen LogP contribution in [0.15, 0.2) is 24.3 Å². The molecular formula is C18H26N2O. The minimum absolute atomic E-state index is 0.504. The van der Waals surface area contributed by atoms with Crippen LogP contribution in [-0.2, 0) is 13.0 Å². The third kappa shape index (κ3) is 3.73. The summed E-state index contributed by atoms with van der Waals surface area (Å²) in [7, 11) is 0. The highest BCUT2D eigenvalue weighted by Crippen LogP contribution is 2.19. The highest BCUT2D eigenvalue weighted by Gasteiger charge is 2.13. The van der Waals surface area contributed by atoms with Crippen molar-refractivity contribution in [2.75, 3.05) is 0 Å². The fourth-order valence-corrected chi connectivity index (χ4v) is 2.58. The average Bonchev–Trinajstić information content (AvgIpc) is 2.66. The highest BCUT2D eigenvalue weighted by atomic mass is 16.3. The predicted molar refractivity (Wildman–Crippen MR) is 86.4 cm³/mol. The van der Waals surface area contributed by atoms with E-state index in [1.807, 2.05) is 30.7 Å². The summed E-state index contributed by atoms with van der Waals surface area (Å²) >= 11 is 0. The molecule has 1 aromatic heterocycles. The van der Waals surface area contributed by atoms with E-state index in [0.29, 0.717) is 12.5 Å². The number of nitrogens with zero attached hydrogens (tertiary/aromatic N) is 2. The number of benzene rings is 1. The van der Waals surface area contributed by atoms with Gasteiger partial charge < -0.3 is 5.11 Å². The summed E-state index contributed by atoms with van der Waals surface area (Å²) in [5, 5.41) is 14.9. The summed E-state index contributed by atoms with van der Waals surface area (Å²) in [6.45, 7) is 11.1. The maximum atomic E-state index is 10.4. The van der Waals surface area contributed by atoms with E-state index in [4.69, 9.17) is 0 Å². The molecule has 1 N–H and O–H groups in total. The maximum absolute atomic E-state index is 10.4. The van der Waals surface area contributed by atoms with Gasteiger partial charge in [-0.2, -0.15) is 5.10 Å². The standard InChI is InChI=1S/C18H26N2O/c1-12(2)10-16-6-8-17(9-7-16)18(21)11-20-15(5)13(3)14(4)19-20/h6-9,12,18,21H,10-11H2,1-5H3. The van der Waals surface area contributed by atoms with Gasteiger partial charge in [0.2, 0.25) is 0 Å². The second-order valence-electron chi connectivity index (χ2n) is 6.33. The monoisotopic (exact) mass is 286 g/mol. The lowest BCUT2D eigenvalue weighted by atomic mass is 10.0. The zero-order valence-electron chi connectivity index (χ0n) is 13.7. The van der Waals surface area contributed by atoms with Crippen molar-refractivity contribution in [3.8, 4) is 0 Å². The van der Waals surface area contributed by atoms with Crippen molar-refractivity contribution >= 4 is 0 Å². The fraction of sp³-hybridized carbons (Fsp3) is 0.500. The Morgan fingerprint density at radius 1 is 1.10 bits per heavy atom. The van der Waals surface area contributed by atoms with Crippen LogP contribution >= 0.6 is 0 Å². The van der Waals surface area contributed by atoms with Crippen LogP contribution in [0.1, 0.15) is 48.0 Å². The Bertz CT molecular complexity index is 596. The Balaban J connectivity index is 2.09. The fourth-order valence-electron chi connectivity index (χ4n) is 2.58. The molecule has 2 rings (SSSR count). The van der Waals surface area contributed by atoms with Crippen LogP contribution in [0.3, 0.4) is 0 Å². The van der Waals surface area contributed by atoms with Gasteiger partial charge in [0.1, 0.15) is 0 Å². The van der Waals surface area contributed by atoms with Crippen LogP contribution in [0.2, 0.25) is 0 Å². The van der Waals surface area contributed by atoms with Gasteiger partial charge in [-0.25, -0.2) is 0 Å². The average molecular weight is 286 g/mol. The summed E-state index contributed by atoms with van der Waals surface area (Å²) in [6, 6.07) is 8.29. The van der Waals surface area contributed by atoms with E-state index in [2.05, 4.69) is 38.0 Å². The summed E-state index contributed by atoms with van der Waals surface area (Å²) in [5.41, 5.74) is 5.64. The minimum atomic E-state index is -0.518. The Hall–Kier alpha value is -1.61. The van der Waals surface area contributed by atoms with Gasteiger partial charge in [-0.05, 0) is 49.8 Å². The van der Waals surface area contributed by atoms with Gasteiger partial charge in [0.25, 0.3) is 0 Å². The molecule has 0 saturated carbocycles. The van der Waals surface area contributed by atoms with Crippen LogP contribution in [0.5, 0.6) is 0 Å². The molecule has 1 aromatic carbocycles. The molecule has 1 heterocycles. The van der Waals surface area contributed by atoms with E-state index in [-0.39, 0.29) is 0 Å². The molecule has 0 amide bonds. The van der Waals surface area contributed by atoms with Gasteiger partial charge in [-0.1, -0.05) is 38.1 Å². The van der Waals surface area contributed by atoms with Crippen molar-refractivity contribution in [3.63, 3.8) is 0 Å². The van der Waals surface area contributed by atoms with Crippen molar-refractivity contribution in [1.82, 2.24) is 9.78 Å². The molecule has 0 aliphatic carbocycles. The molecule has 3 nitrogen and oxygen atoms in total. The van der Waals surface area contributed by atoms with Crippen molar-refractivity contribution in [2.24, 2.45) is 5.92 Å². The van der Waals surface area contributed by atoms with Crippen molar-refractivity contribution in [1.29, 1.82) is 0 Å². The van der Waals surface area contributed by atoms with Crippen molar-refractivity contribution < 1.29 is 5.11 Å². The summed E-state index contributed by atoms with van der Waals surface area (Å²) in [6.07, 6.45) is 0.558. The normalized spacial score (nSPS) is 12.9. The van der Waals surface area contributed by atoms with Crippen LogP contribution in [0.4, 0.5) is 0 Å².